The maximum Gasteiger partial charge on any atom is 0.342 e. The van der Waals surface area contributed by atoms with Crippen molar-refractivity contribution in [3.05, 3.63) is 76.9 Å². The van der Waals surface area contributed by atoms with Gasteiger partial charge >= 0.3 is 6.03 Å². The first kappa shape index (κ1) is 24.2. The van der Waals surface area contributed by atoms with Crippen molar-refractivity contribution in [1.29, 1.82) is 0 Å². The lowest BCUT2D eigenvalue weighted by molar-refractivity contribution is -0.120. The van der Waals surface area contributed by atoms with Gasteiger partial charge in [0.2, 0.25) is 5.91 Å². The first-order valence-corrected chi connectivity index (χ1v) is 11.5. The van der Waals surface area contributed by atoms with Crippen molar-refractivity contribution in [3.8, 4) is 11.8 Å². The van der Waals surface area contributed by atoms with E-state index in [9.17, 15) is 14.7 Å². The van der Waals surface area contributed by atoms with Crippen LogP contribution in [0.2, 0.25) is 0 Å². The molecule has 1 aliphatic rings. The third kappa shape index (κ3) is 5.94. The molecule has 8 nitrogen and oxygen atoms in total. The molecular formula is C27H29N5O3. The van der Waals surface area contributed by atoms with E-state index in [0.717, 1.165) is 28.1 Å². The second-order valence-corrected chi connectivity index (χ2v) is 9.37. The Morgan fingerprint density at radius 3 is 2.74 bits per heavy atom. The van der Waals surface area contributed by atoms with Crippen LogP contribution < -0.4 is 10.2 Å². The van der Waals surface area contributed by atoms with Crippen LogP contribution in [0, 0.1) is 18.8 Å². The summed E-state index contributed by atoms with van der Waals surface area (Å²) >= 11 is 0. The number of carbonyl (C=O) groups is 2. The van der Waals surface area contributed by atoms with E-state index in [-0.39, 0.29) is 5.91 Å². The molecule has 0 saturated heterocycles. The number of hydrogen-bond acceptors (Lipinski definition) is 5. The fourth-order valence-corrected chi connectivity index (χ4v) is 3.92. The Hall–Kier alpha value is -3.96. The van der Waals surface area contributed by atoms with Gasteiger partial charge < -0.3 is 15.3 Å². The van der Waals surface area contributed by atoms with Crippen LogP contribution in [0.5, 0.6) is 0 Å². The number of likely N-dealkylation sites (N-methyl/N-ethyl adjacent to an activating group) is 1. The number of pyridine rings is 1. The Morgan fingerprint density at radius 1 is 1.23 bits per heavy atom. The van der Waals surface area contributed by atoms with Crippen LogP contribution in [0.3, 0.4) is 0 Å². The number of aryl methyl sites for hydroxylation is 2. The van der Waals surface area contributed by atoms with E-state index >= 15 is 0 Å². The SMILES string of the molecule is Cc1ccc(Cc2cnn(C(=O)N[C@@H]3CCc4ccc(C#CC(C)(C)O)cc4N(C)C3=O)c2)cn1. The van der Waals surface area contributed by atoms with Gasteiger partial charge in [0.05, 0.1) is 6.20 Å². The summed E-state index contributed by atoms with van der Waals surface area (Å²) in [6.07, 6.45) is 6.83. The second-order valence-electron chi connectivity index (χ2n) is 9.37. The zero-order valence-electron chi connectivity index (χ0n) is 20.4. The summed E-state index contributed by atoms with van der Waals surface area (Å²) < 4.78 is 1.23. The van der Waals surface area contributed by atoms with Gasteiger partial charge in [-0.1, -0.05) is 24.0 Å². The van der Waals surface area contributed by atoms with Crippen LogP contribution in [0.1, 0.15) is 48.2 Å². The monoisotopic (exact) mass is 471 g/mol. The quantitative estimate of drug-likeness (QED) is 0.572. The average molecular weight is 472 g/mol. The van der Waals surface area contributed by atoms with E-state index in [4.69, 9.17) is 0 Å². The average Bonchev–Trinajstić information content (AvgIpc) is 3.25. The zero-order chi connectivity index (χ0) is 25.2. The number of aliphatic hydroxyl groups is 1. The summed E-state index contributed by atoms with van der Waals surface area (Å²) in [4.78, 5) is 31.9. The lowest BCUT2D eigenvalue weighted by Gasteiger charge is -2.22. The molecule has 0 radical (unpaired) electrons. The van der Waals surface area contributed by atoms with E-state index < -0.39 is 17.7 Å². The highest BCUT2D eigenvalue weighted by Gasteiger charge is 2.30. The molecule has 8 heteroatoms. The minimum Gasteiger partial charge on any atom is -0.378 e. The topological polar surface area (TPSA) is 100 Å². The highest BCUT2D eigenvalue weighted by molar-refractivity contribution is 6.00. The van der Waals surface area contributed by atoms with Crippen molar-refractivity contribution >= 4 is 17.6 Å². The number of carbonyl (C=O) groups excluding carboxylic acids is 2. The lowest BCUT2D eigenvalue weighted by Crippen LogP contribution is -2.48. The predicted octanol–water partition coefficient (Wildman–Crippen LogP) is 2.84. The van der Waals surface area contributed by atoms with Crippen LogP contribution in [0.15, 0.2) is 48.9 Å². The maximum atomic E-state index is 13.2. The number of hydrogen-bond donors (Lipinski definition) is 2. The van der Waals surface area contributed by atoms with Gasteiger partial charge in [-0.2, -0.15) is 9.78 Å². The number of rotatable bonds is 3. The van der Waals surface area contributed by atoms with Gasteiger partial charge in [-0.05, 0) is 68.5 Å². The first-order chi connectivity index (χ1) is 16.6. The van der Waals surface area contributed by atoms with E-state index in [0.29, 0.717) is 24.8 Å². The minimum absolute atomic E-state index is 0.206. The van der Waals surface area contributed by atoms with E-state index in [1.54, 1.807) is 38.2 Å². The lowest BCUT2D eigenvalue weighted by atomic mass is 10.0. The van der Waals surface area contributed by atoms with Gasteiger partial charge in [0.15, 0.2) is 0 Å². The molecule has 1 aliphatic heterocycles. The molecule has 0 aliphatic carbocycles. The molecule has 4 rings (SSSR count). The number of benzene rings is 1. The molecule has 3 heterocycles. The molecule has 0 fully saturated rings. The fraction of sp³-hybridized carbons (Fsp3) is 0.333. The van der Waals surface area contributed by atoms with Gasteiger partial charge in [-0.15, -0.1) is 0 Å². The molecule has 35 heavy (non-hydrogen) atoms. The Morgan fingerprint density at radius 2 is 2.03 bits per heavy atom. The molecule has 3 aromatic rings. The van der Waals surface area contributed by atoms with Crippen LogP contribution in [-0.4, -0.2) is 50.5 Å². The number of anilines is 1. The summed E-state index contributed by atoms with van der Waals surface area (Å²) in [6.45, 7) is 5.17. The fourth-order valence-electron chi connectivity index (χ4n) is 3.92. The van der Waals surface area contributed by atoms with Crippen LogP contribution in [0.25, 0.3) is 0 Å². The van der Waals surface area contributed by atoms with E-state index in [1.165, 1.54) is 4.68 Å². The zero-order valence-corrected chi connectivity index (χ0v) is 20.4. The Labute approximate surface area is 205 Å². The number of amides is 2. The largest absolute Gasteiger partial charge is 0.378 e. The first-order valence-electron chi connectivity index (χ1n) is 11.5. The van der Waals surface area contributed by atoms with Gasteiger partial charge in [-0.25, -0.2) is 4.79 Å². The molecule has 1 atom stereocenters. The number of nitrogens with zero attached hydrogens (tertiary/aromatic N) is 4. The molecule has 0 unspecified atom stereocenters. The predicted molar refractivity (Wildman–Crippen MR) is 133 cm³/mol. The summed E-state index contributed by atoms with van der Waals surface area (Å²) in [6, 6.07) is 8.48. The molecule has 0 spiro atoms. The summed E-state index contributed by atoms with van der Waals surface area (Å²) in [7, 11) is 1.69. The third-order valence-electron chi connectivity index (χ3n) is 5.81. The summed E-state index contributed by atoms with van der Waals surface area (Å²) in [5, 5.41) is 16.9. The third-order valence-corrected chi connectivity index (χ3v) is 5.81. The molecule has 2 amide bonds. The van der Waals surface area contributed by atoms with Crippen LogP contribution in [-0.2, 0) is 17.6 Å². The van der Waals surface area contributed by atoms with Gasteiger partial charge in [0.25, 0.3) is 0 Å². The molecular weight excluding hydrogens is 442 g/mol. The number of aromatic nitrogens is 3. The standard InChI is InChI=1S/C27H29N5O3/c1-18-5-6-20(15-28-18)13-21-16-29-32(17-21)26(34)30-23-10-9-22-8-7-19(11-12-27(2,3)35)14-24(22)31(4)25(23)33/h5-8,14-17,23,35H,9-10,13H2,1-4H3,(H,30,34)/t23-/m1/s1. The molecule has 2 aromatic heterocycles. The van der Waals surface area contributed by atoms with Crippen molar-refractivity contribution in [1.82, 2.24) is 20.1 Å². The normalized spacial score (nSPS) is 15.6. The highest BCUT2D eigenvalue weighted by Crippen LogP contribution is 2.27. The van der Waals surface area contributed by atoms with E-state index in [2.05, 4.69) is 27.2 Å². The Kier molecular flexibility index (Phi) is 6.72. The van der Waals surface area contributed by atoms with Gasteiger partial charge in [0.1, 0.15) is 11.6 Å². The van der Waals surface area contributed by atoms with Crippen molar-refractivity contribution < 1.29 is 14.7 Å². The van der Waals surface area contributed by atoms with Crippen molar-refractivity contribution in [2.75, 3.05) is 11.9 Å². The Bertz CT molecular complexity index is 1310. The summed E-state index contributed by atoms with van der Waals surface area (Å²) in [5.74, 6) is 5.54. The highest BCUT2D eigenvalue weighted by atomic mass is 16.3. The minimum atomic E-state index is -1.10. The molecule has 0 saturated carbocycles. The second kappa shape index (κ2) is 9.72. The molecule has 1 aromatic carbocycles. The molecule has 2 N–H and O–H groups in total. The smallest absolute Gasteiger partial charge is 0.342 e. The van der Waals surface area contributed by atoms with Crippen LogP contribution >= 0.6 is 0 Å². The van der Waals surface area contributed by atoms with E-state index in [1.807, 2.05) is 43.5 Å². The van der Waals surface area contributed by atoms with Crippen molar-refractivity contribution in [2.24, 2.45) is 0 Å². The molecule has 0 bridgehead atoms. The van der Waals surface area contributed by atoms with Gasteiger partial charge in [-0.3, -0.25) is 9.78 Å². The van der Waals surface area contributed by atoms with Crippen LogP contribution in [0.4, 0.5) is 10.5 Å². The van der Waals surface area contributed by atoms with Gasteiger partial charge in [0, 0.05) is 42.8 Å². The Balaban J connectivity index is 1.45. The summed E-state index contributed by atoms with van der Waals surface area (Å²) in [5.41, 5.74) is 4.21. The number of fused-ring (bicyclic) bond motifs is 1. The van der Waals surface area contributed by atoms with Crippen molar-refractivity contribution in [3.63, 3.8) is 0 Å². The number of nitrogens with one attached hydrogen (secondary N) is 1. The molecule has 180 valence electrons. The van der Waals surface area contributed by atoms with Crippen molar-refractivity contribution in [2.45, 2.75) is 51.7 Å². The maximum absolute atomic E-state index is 13.2.